The molecule has 2 rings (SSSR count). The molecular formula is C14H24BrN3O. The molecule has 0 bridgehead atoms. The first-order valence-electron chi connectivity index (χ1n) is 7.16. The average molecular weight is 330 g/mol. The van der Waals surface area contributed by atoms with E-state index >= 15 is 0 Å². The van der Waals surface area contributed by atoms with Crippen molar-refractivity contribution in [2.75, 3.05) is 13.2 Å². The number of aliphatic hydroxyl groups excluding tert-OH is 1. The van der Waals surface area contributed by atoms with Gasteiger partial charge in [0.25, 0.3) is 0 Å². The van der Waals surface area contributed by atoms with Gasteiger partial charge in [-0.05, 0) is 54.5 Å². The summed E-state index contributed by atoms with van der Waals surface area (Å²) >= 11 is 3.68. The van der Waals surface area contributed by atoms with Crippen molar-refractivity contribution in [1.29, 1.82) is 0 Å². The molecule has 19 heavy (non-hydrogen) atoms. The topological polar surface area (TPSA) is 64.1 Å². The summed E-state index contributed by atoms with van der Waals surface area (Å²) in [5, 5.41) is 14.5. The molecular weight excluding hydrogens is 306 g/mol. The Morgan fingerprint density at radius 2 is 2.16 bits per heavy atom. The van der Waals surface area contributed by atoms with Crippen LogP contribution in [0.4, 0.5) is 0 Å². The molecule has 1 aliphatic rings. The van der Waals surface area contributed by atoms with Crippen LogP contribution in [0.1, 0.15) is 38.1 Å². The van der Waals surface area contributed by atoms with Gasteiger partial charge in [-0.25, -0.2) is 0 Å². The van der Waals surface area contributed by atoms with Gasteiger partial charge >= 0.3 is 0 Å². The Kier molecular flexibility index (Phi) is 4.69. The number of hydrogen-bond acceptors (Lipinski definition) is 3. The van der Waals surface area contributed by atoms with Gasteiger partial charge in [-0.1, -0.05) is 6.92 Å². The summed E-state index contributed by atoms with van der Waals surface area (Å²) in [5.41, 5.74) is 8.10. The van der Waals surface area contributed by atoms with Crippen LogP contribution in [0.15, 0.2) is 4.47 Å². The Bertz CT molecular complexity index is 436. The fourth-order valence-electron chi connectivity index (χ4n) is 2.85. The molecule has 1 aromatic rings. The summed E-state index contributed by atoms with van der Waals surface area (Å²) in [6.45, 7) is 5.77. The van der Waals surface area contributed by atoms with Crippen molar-refractivity contribution in [3.63, 3.8) is 0 Å². The summed E-state index contributed by atoms with van der Waals surface area (Å²) in [6, 6.07) is 0. The van der Waals surface area contributed by atoms with Crippen molar-refractivity contribution >= 4 is 15.9 Å². The van der Waals surface area contributed by atoms with Gasteiger partial charge in [-0.15, -0.1) is 0 Å². The van der Waals surface area contributed by atoms with Crippen molar-refractivity contribution < 1.29 is 5.11 Å². The Morgan fingerprint density at radius 1 is 1.47 bits per heavy atom. The van der Waals surface area contributed by atoms with Crippen LogP contribution in [-0.4, -0.2) is 28.0 Å². The first-order chi connectivity index (χ1) is 9.11. The van der Waals surface area contributed by atoms with Gasteiger partial charge in [0.15, 0.2) is 0 Å². The number of aryl methyl sites for hydroxylation is 2. The van der Waals surface area contributed by atoms with E-state index in [1.165, 1.54) is 18.5 Å². The lowest BCUT2D eigenvalue weighted by atomic mass is 9.79. The molecule has 4 nitrogen and oxygen atoms in total. The molecule has 1 atom stereocenters. The lowest BCUT2D eigenvalue weighted by molar-refractivity contribution is 0.106. The zero-order valence-electron chi connectivity index (χ0n) is 11.8. The molecule has 1 fully saturated rings. The predicted octanol–water partition coefficient (Wildman–Crippen LogP) is 2.12. The van der Waals surface area contributed by atoms with Crippen molar-refractivity contribution in [2.45, 2.75) is 46.1 Å². The third kappa shape index (κ3) is 2.73. The zero-order chi connectivity index (χ0) is 14.0. The average Bonchev–Trinajstić information content (AvgIpc) is 3.24. The van der Waals surface area contributed by atoms with Crippen LogP contribution in [0, 0.1) is 11.3 Å². The van der Waals surface area contributed by atoms with E-state index in [4.69, 9.17) is 5.73 Å². The van der Waals surface area contributed by atoms with Gasteiger partial charge in [-0.2, -0.15) is 5.10 Å². The minimum Gasteiger partial charge on any atom is -0.396 e. The van der Waals surface area contributed by atoms with Crippen LogP contribution < -0.4 is 5.73 Å². The molecule has 0 radical (unpaired) electrons. The van der Waals surface area contributed by atoms with Crippen LogP contribution in [-0.2, 0) is 19.4 Å². The molecule has 1 saturated carbocycles. The molecule has 1 heterocycles. The summed E-state index contributed by atoms with van der Waals surface area (Å²) in [5.74, 6) is 0.569. The first kappa shape index (κ1) is 15.0. The fourth-order valence-corrected chi connectivity index (χ4v) is 3.55. The largest absolute Gasteiger partial charge is 0.396 e. The Morgan fingerprint density at radius 3 is 2.58 bits per heavy atom. The third-order valence-electron chi connectivity index (χ3n) is 4.38. The van der Waals surface area contributed by atoms with E-state index in [1.807, 2.05) is 4.68 Å². The monoisotopic (exact) mass is 329 g/mol. The van der Waals surface area contributed by atoms with E-state index in [9.17, 15) is 5.11 Å². The molecule has 1 aromatic heterocycles. The number of rotatable bonds is 7. The van der Waals surface area contributed by atoms with Crippen LogP contribution in [0.25, 0.3) is 0 Å². The van der Waals surface area contributed by atoms with Gasteiger partial charge in [-0.3, -0.25) is 4.68 Å². The second-order valence-electron chi connectivity index (χ2n) is 5.55. The second-order valence-corrected chi connectivity index (χ2v) is 6.35. The van der Waals surface area contributed by atoms with Crippen LogP contribution in [0.3, 0.4) is 0 Å². The molecule has 3 N–H and O–H groups in total. The summed E-state index contributed by atoms with van der Waals surface area (Å²) < 4.78 is 3.15. The van der Waals surface area contributed by atoms with Crippen molar-refractivity contribution in [3.05, 3.63) is 15.9 Å². The number of halogens is 1. The third-order valence-corrected chi connectivity index (χ3v) is 5.29. The number of hydrogen-bond donors (Lipinski definition) is 2. The zero-order valence-corrected chi connectivity index (χ0v) is 13.4. The minimum atomic E-state index is -0.166. The predicted molar refractivity (Wildman–Crippen MR) is 80.0 cm³/mol. The number of aliphatic hydroxyl groups is 1. The van der Waals surface area contributed by atoms with E-state index < -0.39 is 0 Å². The molecule has 1 aliphatic carbocycles. The van der Waals surface area contributed by atoms with Gasteiger partial charge < -0.3 is 10.8 Å². The lowest BCUT2D eigenvalue weighted by Crippen LogP contribution is -2.39. The molecule has 0 aromatic carbocycles. The maximum absolute atomic E-state index is 9.84. The van der Waals surface area contributed by atoms with Crippen molar-refractivity contribution in [3.8, 4) is 0 Å². The minimum absolute atomic E-state index is 0.164. The first-order valence-corrected chi connectivity index (χ1v) is 7.96. The molecule has 0 spiro atoms. The van der Waals surface area contributed by atoms with E-state index in [0.717, 1.165) is 29.6 Å². The number of aromatic nitrogens is 2. The smallest absolute Gasteiger partial charge is 0.0766 e. The Hall–Kier alpha value is -0.390. The molecule has 1 unspecified atom stereocenters. The molecule has 0 saturated heterocycles. The lowest BCUT2D eigenvalue weighted by Gasteiger charge is -2.31. The summed E-state index contributed by atoms with van der Waals surface area (Å²) in [7, 11) is 0. The highest BCUT2D eigenvalue weighted by Gasteiger charge is 2.44. The van der Waals surface area contributed by atoms with Crippen LogP contribution in [0.5, 0.6) is 0 Å². The van der Waals surface area contributed by atoms with Gasteiger partial charge in [0.05, 0.1) is 22.5 Å². The highest BCUT2D eigenvalue weighted by molar-refractivity contribution is 9.10. The van der Waals surface area contributed by atoms with Crippen molar-refractivity contribution in [2.24, 2.45) is 17.1 Å². The van der Waals surface area contributed by atoms with Gasteiger partial charge in [0.1, 0.15) is 0 Å². The molecule has 5 heteroatoms. The van der Waals surface area contributed by atoms with Gasteiger partial charge in [0, 0.05) is 18.5 Å². The van der Waals surface area contributed by atoms with Crippen LogP contribution >= 0.6 is 15.9 Å². The molecule has 0 aliphatic heterocycles. The van der Waals surface area contributed by atoms with E-state index in [2.05, 4.69) is 34.9 Å². The SMILES string of the molecule is CCc1nn(CC)c(CC(CN)(CO)C2CC2)c1Br. The number of nitrogens with two attached hydrogens (primary N) is 1. The molecule has 0 amide bonds. The van der Waals surface area contributed by atoms with E-state index in [-0.39, 0.29) is 12.0 Å². The van der Waals surface area contributed by atoms with Crippen molar-refractivity contribution in [1.82, 2.24) is 9.78 Å². The summed E-state index contributed by atoms with van der Waals surface area (Å²) in [6.07, 6.45) is 4.11. The fraction of sp³-hybridized carbons (Fsp3) is 0.786. The normalized spacial score (nSPS) is 18.6. The maximum atomic E-state index is 9.84. The Labute approximate surface area is 123 Å². The Balaban J connectivity index is 2.33. The highest BCUT2D eigenvalue weighted by atomic mass is 79.9. The second kappa shape index (κ2) is 5.94. The quantitative estimate of drug-likeness (QED) is 0.805. The summed E-state index contributed by atoms with van der Waals surface area (Å²) in [4.78, 5) is 0. The molecule has 108 valence electrons. The number of nitrogens with zero attached hydrogens (tertiary/aromatic N) is 2. The van der Waals surface area contributed by atoms with E-state index in [1.54, 1.807) is 0 Å². The standard InChI is InChI=1S/C14H24BrN3O/c1-3-11-13(15)12(18(4-2)17-11)7-14(8-16,9-19)10-5-6-10/h10,19H,3-9,16H2,1-2H3. The van der Waals surface area contributed by atoms with Gasteiger partial charge in [0.2, 0.25) is 0 Å². The highest BCUT2D eigenvalue weighted by Crippen LogP contribution is 2.47. The van der Waals surface area contributed by atoms with Crippen LogP contribution in [0.2, 0.25) is 0 Å². The maximum Gasteiger partial charge on any atom is 0.0766 e. The van der Waals surface area contributed by atoms with E-state index in [0.29, 0.717) is 12.5 Å².